The van der Waals surface area contributed by atoms with Gasteiger partial charge in [-0.25, -0.2) is 13.8 Å². The minimum absolute atomic E-state index is 0.0604. The second kappa shape index (κ2) is 9.04. The molecule has 1 saturated heterocycles. The molecule has 2 N–H and O–H groups in total. The smallest absolute Gasteiger partial charge is 0.181 e. The molecular formula is C26H21ClF2N6S. The Balaban J connectivity index is 1.65. The lowest BCUT2D eigenvalue weighted by Crippen LogP contribution is -2.46. The van der Waals surface area contributed by atoms with Crippen molar-refractivity contribution >= 4 is 54.9 Å². The van der Waals surface area contributed by atoms with Crippen LogP contribution in [0, 0.1) is 23.0 Å². The van der Waals surface area contributed by atoms with E-state index in [1.807, 2.05) is 11.8 Å². The molecule has 6 nitrogen and oxygen atoms in total. The molecule has 0 radical (unpaired) electrons. The van der Waals surface area contributed by atoms with E-state index in [0.29, 0.717) is 48.4 Å². The van der Waals surface area contributed by atoms with Gasteiger partial charge in [0, 0.05) is 54.6 Å². The van der Waals surface area contributed by atoms with Crippen molar-refractivity contribution in [2.24, 2.45) is 0 Å². The molecule has 1 aliphatic heterocycles. The van der Waals surface area contributed by atoms with E-state index in [4.69, 9.17) is 17.3 Å². The molecule has 0 saturated carbocycles. The van der Waals surface area contributed by atoms with Crippen LogP contribution in [0.5, 0.6) is 0 Å². The molecule has 2 aromatic carbocycles. The average molecular weight is 523 g/mol. The third kappa shape index (κ3) is 3.83. The van der Waals surface area contributed by atoms with Crippen LogP contribution in [0.2, 0.25) is 5.02 Å². The lowest BCUT2D eigenvalue weighted by molar-refractivity contribution is 0.328. The van der Waals surface area contributed by atoms with E-state index in [0.717, 1.165) is 22.6 Å². The number of aromatic nitrogens is 2. The van der Waals surface area contributed by atoms with Crippen LogP contribution in [0.4, 0.5) is 19.6 Å². The SMILES string of the molecule is C=C(C)C(=C)N1CCN(c2c(C#N)cnc3c(F)c(-c4ccc(F)c5sc(N)nc45)c(Cl)cc23)CC1. The Morgan fingerprint density at radius 2 is 1.92 bits per heavy atom. The van der Waals surface area contributed by atoms with Crippen molar-refractivity contribution in [2.75, 3.05) is 36.8 Å². The highest BCUT2D eigenvalue weighted by molar-refractivity contribution is 7.22. The van der Waals surface area contributed by atoms with E-state index in [1.165, 1.54) is 18.3 Å². The van der Waals surface area contributed by atoms with E-state index in [9.17, 15) is 9.65 Å². The van der Waals surface area contributed by atoms with Crippen LogP contribution in [0.3, 0.4) is 0 Å². The van der Waals surface area contributed by atoms with E-state index in [-0.39, 0.29) is 31.5 Å². The summed E-state index contributed by atoms with van der Waals surface area (Å²) in [6, 6.07) is 6.47. The van der Waals surface area contributed by atoms with Crippen molar-refractivity contribution < 1.29 is 8.78 Å². The molecule has 10 heteroatoms. The summed E-state index contributed by atoms with van der Waals surface area (Å²) in [5.74, 6) is -1.16. The number of nitriles is 1. The maximum Gasteiger partial charge on any atom is 0.181 e. The van der Waals surface area contributed by atoms with Gasteiger partial charge in [-0.1, -0.05) is 36.1 Å². The zero-order valence-corrected chi connectivity index (χ0v) is 21.0. The molecule has 0 unspecified atom stereocenters. The van der Waals surface area contributed by atoms with Crippen molar-refractivity contribution in [1.29, 1.82) is 5.26 Å². The Labute approximate surface area is 215 Å². The second-order valence-electron chi connectivity index (χ2n) is 8.60. The third-order valence-corrected chi connectivity index (χ3v) is 7.59. The quantitative estimate of drug-likeness (QED) is 0.326. The number of hydrogen-bond donors (Lipinski definition) is 1. The molecule has 1 fully saturated rings. The average Bonchev–Trinajstić information content (AvgIpc) is 3.26. The molecule has 5 rings (SSSR count). The van der Waals surface area contributed by atoms with Gasteiger partial charge in [-0.3, -0.25) is 4.98 Å². The van der Waals surface area contributed by atoms with Gasteiger partial charge in [-0.05, 0) is 30.7 Å². The number of piperazine rings is 1. The lowest BCUT2D eigenvalue weighted by Gasteiger charge is -2.39. The molecule has 36 heavy (non-hydrogen) atoms. The predicted molar refractivity (Wildman–Crippen MR) is 142 cm³/mol. The molecule has 3 heterocycles. The fourth-order valence-corrected chi connectivity index (χ4v) is 5.64. The number of anilines is 2. The first kappa shape index (κ1) is 24.0. The molecule has 0 bridgehead atoms. The van der Waals surface area contributed by atoms with Crippen molar-refractivity contribution in [3.63, 3.8) is 0 Å². The van der Waals surface area contributed by atoms with Gasteiger partial charge in [0.15, 0.2) is 10.9 Å². The number of nitrogens with zero attached hydrogens (tertiary/aromatic N) is 5. The number of pyridine rings is 1. The number of thiazole rings is 1. The number of rotatable bonds is 4. The van der Waals surface area contributed by atoms with Crippen LogP contribution >= 0.6 is 22.9 Å². The minimum Gasteiger partial charge on any atom is -0.375 e. The Bertz CT molecular complexity index is 1620. The Hall–Kier alpha value is -3.74. The molecular weight excluding hydrogens is 502 g/mol. The van der Waals surface area contributed by atoms with Crippen LogP contribution in [0.25, 0.3) is 32.2 Å². The monoisotopic (exact) mass is 522 g/mol. The van der Waals surface area contributed by atoms with Crippen molar-refractivity contribution in [2.45, 2.75) is 6.92 Å². The summed E-state index contributed by atoms with van der Waals surface area (Å²) in [4.78, 5) is 12.7. The highest BCUT2D eigenvalue weighted by atomic mass is 35.5. The first-order valence-corrected chi connectivity index (χ1v) is 12.3. The van der Waals surface area contributed by atoms with Crippen molar-refractivity contribution in [3.05, 3.63) is 71.0 Å². The van der Waals surface area contributed by atoms with Gasteiger partial charge < -0.3 is 15.5 Å². The Morgan fingerprint density at radius 1 is 1.19 bits per heavy atom. The summed E-state index contributed by atoms with van der Waals surface area (Å²) in [6.07, 6.45) is 1.37. The third-order valence-electron chi connectivity index (χ3n) is 6.40. The van der Waals surface area contributed by atoms with Gasteiger partial charge >= 0.3 is 0 Å². The first-order valence-electron chi connectivity index (χ1n) is 11.1. The standard InChI is InChI=1S/C26H21ClF2N6S/c1-13(2)14(3)34-6-8-35(9-7-34)24-15(11-30)12-32-22-17(24)10-18(27)20(21(22)29)16-4-5-19(28)25-23(16)33-26(31)36-25/h4-5,10,12H,1,3,6-9H2,2H3,(H2,31,33). The molecule has 0 spiro atoms. The molecule has 0 amide bonds. The maximum absolute atomic E-state index is 16.1. The van der Waals surface area contributed by atoms with Crippen molar-refractivity contribution in [3.8, 4) is 17.2 Å². The molecule has 2 aromatic heterocycles. The van der Waals surface area contributed by atoms with Crippen LogP contribution in [0.1, 0.15) is 12.5 Å². The normalized spacial score (nSPS) is 13.9. The summed E-state index contributed by atoms with van der Waals surface area (Å²) in [7, 11) is 0. The summed E-state index contributed by atoms with van der Waals surface area (Å²) in [5, 5.41) is 10.5. The van der Waals surface area contributed by atoms with Gasteiger partial charge in [-0.15, -0.1) is 0 Å². The topological polar surface area (TPSA) is 82.1 Å². The highest BCUT2D eigenvalue weighted by Gasteiger charge is 2.26. The molecule has 4 aromatic rings. The summed E-state index contributed by atoms with van der Waals surface area (Å²) in [5.41, 5.74) is 9.17. The number of nitrogen functional groups attached to an aromatic ring is 1. The van der Waals surface area contributed by atoms with Gasteiger partial charge in [0.1, 0.15) is 17.4 Å². The number of hydrogen-bond acceptors (Lipinski definition) is 7. The number of nitrogens with two attached hydrogens (primary N) is 1. The number of halogens is 3. The fourth-order valence-electron chi connectivity index (χ4n) is 4.58. The summed E-state index contributed by atoms with van der Waals surface area (Å²) < 4.78 is 30.6. The van der Waals surface area contributed by atoms with E-state index >= 15 is 4.39 Å². The molecule has 0 atom stereocenters. The molecule has 182 valence electrons. The molecule has 0 aliphatic carbocycles. The van der Waals surface area contributed by atoms with Gasteiger partial charge in [0.2, 0.25) is 0 Å². The summed E-state index contributed by atoms with van der Waals surface area (Å²) in [6.45, 7) is 12.5. The van der Waals surface area contributed by atoms with E-state index in [1.54, 1.807) is 6.07 Å². The van der Waals surface area contributed by atoms with Crippen LogP contribution in [0.15, 0.2) is 48.8 Å². The second-order valence-corrected chi connectivity index (χ2v) is 10.0. The zero-order chi connectivity index (χ0) is 25.7. The van der Waals surface area contributed by atoms with Crippen LogP contribution in [-0.4, -0.2) is 41.0 Å². The predicted octanol–water partition coefficient (Wildman–Crippen LogP) is 6.11. The Morgan fingerprint density at radius 3 is 2.58 bits per heavy atom. The van der Waals surface area contributed by atoms with Crippen LogP contribution < -0.4 is 10.6 Å². The number of allylic oxidation sites excluding steroid dienone is 1. The minimum atomic E-state index is -0.669. The lowest BCUT2D eigenvalue weighted by atomic mass is 9.99. The fraction of sp³-hybridized carbons (Fsp3) is 0.192. The largest absolute Gasteiger partial charge is 0.375 e. The number of benzene rings is 2. The first-order chi connectivity index (χ1) is 17.2. The van der Waals surface area contributed by atoms with E-state index in [2.05, 4.69) is 34.1 Å². The Kier molecular flexibility index (Phi) is 6.02. The molecule has 1 aliphatic rings. The van der Waals surface area contributed by atoms with Gasteiger partial charge in [0.25, 0.3) is 0 Å². The van der Waals surface area contributed by atoms with Crippen LogP contribution in [-0.2, 0) is 0 Å². The van der Waals surface area contributed by atoms with Crippen molar-refractivity contribution in [1.82, 2.24) is 14.9 Å². The van der Waals surface area contributed by atoms with E-state index < -0.39 is 11.6 Å². The summed E-state index contributed by atoms with van der Waals surface area (Å²) >= 11 is 7.63. The van der Waals surface area contributed by atoms with Gasteiger partial charge in [-0.2, -0.15) is 5.26 Å². The number of fused-ring (bicyclic) bond motifs is 2. The maximum atomic E-state index is 16.1. The highest BCUT2D eigenvalue weighted by Crippen LogP contribution is 2.43. The van der Waals surface area contributed by atoms with Gasteiger partial charge in [0.05, 0.1) is 26.5 Å². The zero-order valence-electron chi connectivity index (χ0n) is 19.4.